The minimum atomic E-state index is -0.541. The Labute approximate surface area is 145 Å². The van der Waals surface area contributed by atoms with E-state index < -0.39 is 4.92 Å². The Morgan fingerprint density at radius 1 is 1.46 bits per heavy atom. The molecule has 8 nitrogen and oxygen atoms in total. The third-order valence-electron chi connectivity index (χ3n) is 3.17. The second-order valence-electron chi connectivity index (χ2n) is 4.76. The van der Waals surface area contributed by atoms with E-state index in [1.807, 2.05) is 0 Å². The minimum absolute atomic E-state index is 0.0712. The Morgan fingerprint density at radius 2 is 2.25 bits per heavy atom. The van der Waals surface area contributed by atoms with Crippen LogP contribution in [-0.4, -0.2) is 26.0 Å². The Bertz CT molecular complexity index is 1000. The lowest BCUT2D eigenvalue weighted by atomic mass is 10.1. The average molecular weight is 364 g/mol. The van der Waals surface area contributed by atoms with Gasteiger partial charge in [0.05, 0.1) is 11.1 Å². The van der Waals surface area contributed by atoms with Crippen LogP contribution in [0.2, 0.25) is 5.02 Å². The second kappa shape index (κ2) is 6.38. The molecule has 3 rings (SSSR count). The van der Waals surface area contributed by atoms with Gasteiger partial charge in [0.2, 0.25) is 4.77 Å². The first-order chi connectivity index (χ1) is 11.5. The lowest BCUT2D eigenvalue weighted by Gasteiger charge is -1.99. The van der Waals surface area contributed by atoms with Crippen LogP contribution in [0, 0.1) is 21.8 Å². The topological polar surface area (TPSA) is 102 Å². The van der Waals surface area contributed by atoms with Crippen molar-refractivity contribution in [2.75, 3.05) is 0 Å². The summed E-state index contributed by atoms with van der Waals surface area (Å²) in [6, 6.07) is 7.84. The van der Waals surface area contributed by atoms with Crippen molar-refractivity contribution in [3.63, 3.8) is 0 Å². The van der Waals surface area contributed by atoms with Crippen LogP contribution in [0.3, 0.4) is 0 Å². The van der Waals surface area contributed by atoms with Crippen LogP contribution in [0.25, 0.3) is 11.3 Å². The summed E-state index contributed by atoms with van der Waals surface area (Å²) in [5.74, 6) is 1.53. The van der Waals surface area contributed by atoms with Crippen molar-refractivity contribution >= 4 is 35.7 Å². The molecule has 122 valence electrons. The maximum absolute atomic E-state index is 11.0. The van der Waals surface area contributed by atoms with Crippen LogP contribution in [0.5, 0.6) is 0 Å². The van der Waals surface area contributed by atoms with Gasteiger partial charge in [-0.3, -0.25) is 15.2 Å². The number of H-pyrrole nitrogens is 1. The first-order valence-electron chi connectivity index (χ1n) is 6.68. The molecule has 0 spiro atoms. The number of aryl methyl sites for hydroxylation is 1. The molecule has 0 aliphatic carbocycles. The predicted molar refractivity (Wildman–Crippen MR) is 90.9 cm³/mol. The van der Waals surface area contributed by atoms with E-state index >= 15 is 0 Å². The minimum Gasteiger partial charge on any atom is -0.455 e. The lowest BCUT2D eigenvalue weighted by Crippen LogP contribution is -1.93. The van der Waals surface area contributed by atoms with Gasteiger partial charge in [-0.25, -0.2) is 0 Å². The SMILES string of the molecule is Cc1n[nH]c(=S)n1/N=C\c1ccc(-c2ccc(Cl)c([N+](=O)[O-])c2)o1. The molecule has 2 aromatic heterocycles. The number of halogens is 1. The van der Waals surface area contributed by atoms with Crippen LogP contribution in [0.15, 0.2) is 39.9 Å². The predicted octanol–water partition coefficient (Wildman–Crippen LogP) is 3.95. The van der Waals surface area contributed by atoms with E-state index in [1.165, 1.54) is 23.0 Å². The quantitative estimate of drug-likeness (QED) is 0.327. The Kier molecular flexibility index (Phi) is 4.28. The molecule has 0 aliphatic heterocycles. The molecular weight excluding hydrogens is 354 g/mol. The van der Waals surface area contributed by atoms with Gasteiger partial charge >= 0.3 is 0 Å². The lowest BCUT2D eigenvalue weighted by molar-refractivity contribution is -0.384. The summed E-state index contributed by atoms with van der Waals surface area (Å²) in [6.45, 7) is 1.75. The first kappa shape index (κ1) is 16.1. The van der Waals surface area contributed by atoms with Gasteiger partial charge in [-0.15, -0.1) is 0 Å². The van der Waals surface area contributed by atoms with Gasteiger partial charge in [-0.05, 0) is 43.4 Å². The number of hydrogen-bond donors (Lipinski definition) is 1. The largest absolute Gasteiger partial charge is 0.455 e. The van der Waals surface area contributed by atoms with Gasteiger partial charge in [0, 0.05) is 11.6 Å². The molecule has 0 atom stereocenters. The van der Waals surface area contributed by atoms with Gasteiger partial charge in [-0.2, -0.15) is 14.9 Å². The van der Waals surface area contributed by atoms with Crippen LogP contribution < -0.4 is 0 Å². The number of nitrogens with zero attached hydrogens (tertiary/aromatic N) is 4. The summed E-state index contributed by atoms with van der Waals surface area (Å²) < 4.78 is 7.44. The van der Waals surface area contributed by atoms with Crippen LogP contribution in [0.1, 0.15) is 11.6 Å². The van der Waals surface area contributed by atoms with E-state index in [0.29, 0.717) is 27.7 Å². The van der Waals surface area contributed by atoms with E-state index in [-0.39, 0.29) is 10.7 Å². The molecule has 10 heteroatoms. The van der Waals surface area contributed by atoms with Gasteiger partial charge in [0.25, 0.3) is 5.69 Å². The molecule has 0 saturated carbocycles. The number of rotatable bonds is 4. The van der Waals surface area contributed by atoms with Crippen LogP contribution in [-0.2, 0) is 0 Å². The summed E-state index contributed by atoms with van der Waals surface area (Å²) in [5.41, 5.74) is 0.364. The molecule has 2 heterocycles. The molecule has 0 fully saturated rings. The van der Waals surface area contributed by atoms with Gasteiger partial charge in [0.15, 0.2) is 0 Å². The van der Waals surface area contributed by atoms with Crippen molar-refractivity contribution < 1.29 is 9.34 Å². The molecule has 0 bridgehead atoms. The van der Waals surface area contributed by atoms with Crippen molar-refractivity contribution in [3.05, 3.63) is 61.8 Å². The third kappa shape index (κ3) is 3.12. The fourth-order valence-corrected chi connectivity index (χ4v) is 2.42. The van der Waals surface area contributed by atoms with E-state index in [9.17, 15) is 10.1 Å². The van der Waals surface area contributed by atoms with E-state index in [4.69, 9.17) is 28.2 Å². The van der Waals surface area contributed by atoms with Crippen molar-refractivity contribution in [1.29, 1.82) is 0 Å². The summed E-state index contributed by atoms with van der Waals surface area (Å²) in [5, 5.41) is 21.8. The zero-order valence-corrected chi connectivity index (χ0v) is 13.8. The maximum Gasteiger partial charge on any atom is 0.288 e. The highest BCUT2D eigenvalue weighted by Crippen LogP contribution is 2.30. The fourth-order valence-electron chi connectivity index (χ4n) is 2.00. The molecule has 0 aliphatic rings. The highest BCUT2D eigenvalue weighted by Gasteiger charge is 2.15. The molecule has 0 saturated heterocycles. The summed E-state index contributed by atoms with van der Waals surface area (Å²) in [7, 11) is 0. The van der Waals surface area contributed by atoms with Gasteiger partial charge < -0.3 is 4.42 Å². The number of nitrogens with one attached hydrogen (secondary N) is 1. The van der Waals surface area contributed by atoms with Gasteiger partial charge in [-0.1, -0.05) is 11.6 Å². The number of hydrogen-bond acceptors (Lipinski definition) is 6. The smallest absolute Gasteiger partial charge is 0.288 e. The van der Waals surface area contributed by atoms with Crippen molar-refractivity contribution in [2.24, 2.45) is 5.10 Å². The Morgan fingerprint density at radius 3 is 2.92 bits per heavy atom. The monoisotopic (exact) mass is 363 g/mol. The second-order valence-corrected chi connectivity index (χ2v) is 5.55. The van der Waals surface area contributed by atoms with E-state index in [2.05, 4.69) is 15.3 Å². The van der Waals surface area contributed by atoms with Crippen LogP contribution in [0.4, 0.5) is 5.69 Å². The van der Waals surface area contributed by atoms with Crippen molar-refractivity contribution in [2.45, 2.75) is 6.92 Å². The number of nitro groups is 1. The van der Waals surface area contributed by atoms with E-state index in [1.54, 1.807) is 25.1 Å². The zero-order valence-electron chi connectivity index (χ0n) is 12.3. The number of furan rings is 1. The van der Waals surface area contributed by atoms with Crippen molar-refractivity contribution in [1.82, 2.24) is 14.9 Å². The average Bonchev–Trinajstić information content (AvgIpc) is 3.13. The van der Waals surface area contributed by atoms with Crippen molar-refractivity contribution in [3.8, 4) is 11.3 Å². The molecule has 0 amide bonds. The molecular formula is C14H10ClN5O3S. The van der Waals surface area contributed by atoms with Gasteiger partial charge in [0.1, 0.15) is 22.4 Å². The molecule has 24 heavy (non-hydrogen) atoms. The Hall–Kier alpha value is -2.78. The molecule has 0 radical (unpaired) electrons. The zero-order chi connectivity index (χ0) is 17.3. The standard InChI is InChI=1S/C14H10ClN5O3S/c1-8-17-18-14(24)19(8)16-7-10-3-5-13(23-10)9-2-4-11(15)12(6-9)20(21)22/h2-7H,1H3,(H,18,24)/b16-7-. The van der Waals surface area contributed by atoms with Crippen LogP contribution >= 0.6 is 23.8 Å². The molecule has 1 N–H and O–H groups in total. The highest BCUT2D eigenvalue weighted by atomic mass is 35.5. The normalized spacial score (nSPS) is 11.2. The summed E-state index contributed by atoms with van der Waals surface area (Å²) in [6.07, 6.45) is 1.48. The number of benzene rings is 1. The highest BCUT2D eigenvalue weighted by molar-refractivity contribution is 7.71. The number of nitro benzene ring substituents is 1. The molecule has 1 aromatic carbocycles. The first-order valence-corrected chi connectivity index (χ1v) is 7.47. The number of aromatic nitrogens is 3. The fraction of sp³-hybridized carbons (Fsp3) is 0.0714. The maximum atomic E-state index is 11.0. The molecule has 0 unspecified atom stereocenters. The summed E-state index contributed by atoms with van der Waals surface area (Å²) >= 11 is 10.9. The summed E-state index contributed by atoms with van der Waals surface area (Å²) in [4.78, 5) is 10.4. The molecule has 3 aromatic rings. The third-order valence-corrected chi connectivity index (χ3v) is 3.75. The number of aromatic amines is 1. The Balaban J connectivity index is 1.90. The van der Waals surface area contributed by atoms with E-state index in [0.717, 1.165) is 0 Å².